The van der Waals surface area contributed by atoms with Crippen LogP contribution < -0.4 is 4.74 Å². The number of nitrogens with zero attached hydrogens (tertiary/aromatic N) is 3. The maximum Gasteiger partial charge on any atom is 0.213 e. The second-order valence-corrected chi connectivity index (χ2v) is 8.28. The first-order valence-corrected chi connectivity index (χ1v) is 10.4. The molecule has 2 aliphatic heterocycles. The van der Waals surface area contributed by atoms with E-state index in [1.54, 1.807) is 17.5 Å². The number of ether oxygens (including phenoxy) is 2. The van der Waals surface area contributed by atoms with E-state index in [0.29, 0.717) is 5.92 Å². The molecule has 0 amide bonds. The third-order valence-corrected chi connectivity index (χ3v) is 6.79. The molecule has 2 aliphatic rings. The Bertz CT molecular complexity index is 698. The smallest absolute Gasteiger partial charge is 0.213 e. The number of pyridine rings is 1. The van der Waals surface area contributed by atoms with E-state index < -0.39 is 0 Å². The van der Waals surface area contributed by atoms with Gasteiger partial charge in [0.15, 0.2) is 0 Å². The zero-order valence-corrected chi connectivity index (χ0v) is 16.2. The lowest BCUT2D eigenvalue weighted by Crippen LogP contribution is -2.47. The molecule has 2 fully saturated rings. The zero-order valence-electron chi connectivity index (χ0n) is 15.4. The zero-order chi connectivity index (χ0) is 17.8. The summed E-state index contributed by atoms with van der Waals surface area (Å²) in [6.45, 7) is 6.96. The fraction of sp³-hybridized carbons (Fsp3) is 0.600. The Balaban J connectivity index is 1.28. The number of aromatic nitrogens is 2. The van der Waals surface area contributed by atoms with Gasteiger partial charge in [0.2, 0.25) is 5.88 Å². The molecule has 2 aromatic rings. The fourth-order valence-electron chi connectivity index (χ4n) is 4.25. The van der Waals surface area contributed by atoms with Crippen molar-refractivity contribution in [1.29, 1.82) is 0 Å². The van der Waals surface area contributed by atoms with Gasteiger partial charge in [-0.3, -0.25) is 4.90 Å². The van der Waals surface area contributed by atoms with Gasteiger partial charge in [0.1, 0.15) is 0 Å². The normalized spacial score (nSPS) is 22.7. The predicted molar refractivity (Wildman–Crippen MR) is 103 cm³/mol. The topological polar surface area (TPSA) is 47.5 Å². The molecule has 2 aromatic heterocycles. The van der Waals surface area contributed by atoms with Crippen molar-refractivity contribution in [1.82, 2.24) is 14.9 Å². The fourth-order valence-corrected chi connectivity index (χ4v) is 5.07. The quantitative estimate of drug-likeness (QED) is 0.773. The molecule has 0 aromatic carbocycles. The van der Waals surface area contributed by atoms with Gasteiger partial charge in [0.05, 0.1) is 23.4 Å². The molecule has 1 atom stereocenters. The summed E-state index contributed by atoms with van der Waals surface area (Å²) < 4.78 is 12.1. The summed E-state index contributed by atoms with van der Waals surface area (Å²) in [6.07, 6.45) is 6.22. The summed E-state index contributed by atoms with van der Waals surface area (Å²) >= 11 is 1.77. The molecule has 4 rings (SSSR count). The van der Waals surface area contributed by atoms with Crippen LogP contribution in [0.25, 0.3) is 0 Å². The highest BCUT2D eigenvalue weighted by molar-refractivity contribution is 7.09. The highest BCUT2D eigenvalue weighted by atomic mass is 32.1. The highest BCUT2D eigenvalue weighted by Crippen LogP contribution is 2.42. The summed E-state index contributed by atoms with van der Waals surface area (Å²) in [6, 6.07) is 5.79. The highest BCUT2D eigenvalue weighted by Gasteiger charge is 2.45. The average Bonchev–Trinajstić information content (AvgIpc) is 3.25. The Morgan fingerprint density at radius 2 is 2.19 bits per heavy atom. The second kappa shape index (κ2) is 8.03. The minimum absolute atomic E-state index is 0.0622. The van der Waals surface area contributed by atoms with Crippen molar-refractivity contribution in [2.24, 2.45) is 5.92 Å². The van der Waals surface area contributed by atoms with Crippen molar-refractivity contribution in [2.75, 3.05) is 26.3 Å². The van der Waals surface area contributed by atoms with Crippen LogP contribution in [0.4, 0.5) is 0 Å². The standard InChI is InChI=1S/C20H27N3O2S/c1-16-18(26-15-22-16)14-23-10-7-20(8-11-23)17(6-13-25-20)5-12-24-19-4-2-3-9-21-19/h2-4,9,15,17H,5-8,10-14H2,1H3. The Labute approximate surface area is 159 Å². The molecular formula is C20H27N3O2S. The molecule has 0 aliphatic carbocycles. The van der Waals surface area contributed by atoms with E-state index in [1.807, 2.05) is 23.7 Å². The number of rotatable bonds is 6. The molecule has 140 valence electrons. The molecule has 0 bridgehead atoms. The maximum atomic E-state index is 6.30. The van der Waals surface area contributed by atoms with Crippen molar-refractivity contribution in [3.63, 3.8) is 0 Å². The third kappa shape index (κ3) is 3.92. The van der Waals surface area contributed by atoms with E-state index in [-0.39, 0.29) is 5.60 Å². The van der Waals surface area contributed by atoms with Crippen LogP contribution in [0.5, 0.6) is 5.88 Å². The molecule has 1 spiro atoms. The molecule has 2 saturated heterocycles. The van der Waals surface area contributed by atoms with Gasteiger partial charge in [-0.2, -0.15) is 0 Å². The van der Waals surface area contributed by atoms with Gasteiger partial charge in [-0.25, -0.2) is 9.97 Å². The molecule has 6 heteroatoms. The van der Waals surface area contributed by atoms with Crippen LogP contribution in [-0.2, 0) is 11.3 Å². The predicted octanol–water partition coefficient (Wildman–Crippen LogP) is 3.69. The van der Waals surface area contributed by atoms with E-state index >= 15 is 0 Å². The van der Waals surface area contributed by atoms with Crippen LogP contribution in [0.1, 0.15) is 36.3 Å². The van der Waals surface area contributed by atoms with Gasteiger partial charge in [-0.15, -0.1) is 11.3 Å². The van der Waals surface area contributed by atoms with Crippen LogP contribution in [0.15, 0.2) is 29.9 Å². The van der Waals surface area contributed by atoms with Crippen molar-refractivity contribution < 1.29 is 9.47 Å². The molecule has 5 nitrogen and oxygen atoms in total. The first kappa shape index (κ1) is 17.9. The summed E-state index contributed by atoms with van der Waals surface area (Å²) in [7, 11) is 0. The van der Waals surface area contributed by atoms with E-state index in [0.717, 1.165) is 64.4 Å². The van der Waals surface area contributed by atoms with Gasteiger partial charge in [0.25, 0.3) is 0 Å². The summed E-state index contributed by atoms with van der Waals surface area (Å²) in [5.41, 5.74) is 3.19. The number of hydrogen-bond donors (Lipinski definition) is 0. The maximum absolute atomic E-state index is 6.30. The first-order chi connectivity index (χ1) is 12.8. The SMILES string of the molecule is Cc1ncsc1CN1CCC2(CC1)OCCC2CCOc1ccccn1. The second-order valence-electron chi connectivity index (χ2n) is 7.34. The summed E-state index contributed by atoms with van der Waals surface area (Å²) in [5.74, 6) is 1.31. The van der Waals surface area contributed by atoms with Crippen molar-refractivity contribution in [3.05, 3.63) is 40.5 Å². The lowest BCUT2D eigenvalue weighted by molar-refractivity contribution is -0.0708. The number of piperidine rings is 1. The van der Waals surface area contributed by atoms with Crippen LogP contribution in [0.2, 0.25) is 0 Å². The van der Waals surface area contributed by atoms with Gasteiger partial charge >= 0.3 is 0 Å². The lowest BCUT2D eigenvalue weighted by atomic mass is 9.78. The average molecular weight is 374 g/mol. The van der Waals surface area contributed by atoms with Gasteiger partial charge in [0, 0.05) is 43.4 Å². The van der Waals surface area contributed by atoms with E-state index in [4.69, 9.17) is 9.47 Å². The molecule has 0 N–H and O–H groups in total. The first-order valence-electron chi connectivity index (χ1n) is 9.54. The Kier molecular flexibility index (Phi) is 5.52. The number of aryl methyl sites for hydroxylation is 1. The van der Waals surface area contributed by atoms with Crippen molar-refractivity contribution >= 4 is 11.3 Å². The van der Waals surface area contributed by atoms with Gasteiger partial charge in [-0.05, 0) is 44.6 Å². The monoisotopic (exact) mass is 373 g/mol. The minimum Gasteiger partial charge on any atom is -0.478 e. The van der Waals surface area contributed by atoms with Gasteiger partial charge in [-0.1, -0.05) is 6.07 Å². The largest absolute Gasteiger partial charge is 0.478 e. The molecule has 1 unspecified atom stereocenters. The van der Waals surface area contributed by atoms with Crippen LogP contribution in [0.3, 0.4) is 0 Å². The molecular weight excluding hydrogens is 346 g/mol. The van der Waals surface area contributed by atoms with E-state index in [1.165, 1.54) is 10.6 Å². The molecule has 4 heterocycles. The molecule has 26 heavy (non-hydrogen) atoms. The van der Waals surface area contributed by atoms with E-state index in [2.05, 4.69) is 21.8 Å². The molecule has 0 radical (unpaired) electrons. The Hall–Kier alpha value is -1.50. The Morgan fingerprint density at radius 1 is 1.31 bits per heavy atom. The Morgan fingerprint density at radius 3 is 2.92 bits per heavy atom. The summed E-state index contributed by atoms with van der Waals surface area (Å²) in [5, 5.41) is 0. The van der Waals surface area contributed by atoms with Gasteiger partial charge < -0.3 is 9.47 Å². The number of hydrogen-bond acceptors (Lipinski definition) is 6. The number of thiazole rings is 1. The minimum atomic E-state index is 0.0622. The lowest BCUT2D eigenvalue weighted by Gasteiger charge is -2.42. The van der Waals surface area contributed by atoms with Crippen molar-refractivity contribution in [2.45, 2.75) is 44.8 Å². The summed E-state index contributed by atoms with van der Waals surface area (Å²) in [4.78, 5) is 12.6. The van der Waals surface area contributed by atoms with Crippen LogP contribution >= 0.6 is 11.3 Å². The number of likely N-dealkylation sites (tertiary alicyclic amines) is 1. The van der Waals surface area contributed by atoms with E-state index in [9.17, 15) is 0 Å². The van der Waals surface area contributed by atoms with Crippen LogP contribution in [-0.4, -0.2) is 46.8 Å². The van der Waals surface area contributed by atoms with Crippen molar-refractivity contribution in [3.8, 4) is 5.88 Å². The third-order valence-electron chi connectivity index (χ3n) is 5.87. The van der Waals surface area contributed by atoms with Crippen LogP contribution in [0, 0.1) is 12.8 Å². The molecule has 0 saturated carbocycles.